The molecule has 0 radical (unpaired) electrons. The number of aryl methyl sites for hydroxylation is 1. The first-order valence-corrected chi connectivity index (χ1v) is 6.25. The van der Waals surface area contributed by atoms with Gasteiger partial charge in [0.25, 0.3) is 0 Å². The molecule has 88 valence electrons. The van der Waals surface area contributed by atoms with E-state index in [0.717, 1.165) is 24.9 Å². The standard InChI is InChI=1S/C15H17NO/c1-11-3-2-4-13(9-11)16-14(17)15-7-5-12(10-15)6-8-15/h2-5,7,9,12H,6,8,10H2,1H3,(H,16,17). The molecule has 2 heteroatoms. The van der Waals surface area contributed by atoms with Crippen LogP contribution < -0.4 is 5.32 Å². The number of rotatable bonds is 2. The lowest BCUT2D eigenvalue weighted by molar-refractivity contribution is -0.122. The van der Waals surface area contributed by atoms with Crippen LogP contribution in [0.2, 0.25) is 0 Å². The SMILES string of the molecule is Cc1cccc(NC(=O)C23C=CC(CC2)C3)c1. The van der Waals surface area contributed by atoms with Gasteiger partial charge in [-0.2, -0.15) is 0 Å². The lowest BCUT2D eigenvalue weighted by Crippen LogP contribution is -2.31. The first-order chi connectivity index (χ1) is 8.18. The van der Waals surface area contributed by atoms with E-state index < -0.39 is 0 Å². The monoisotopic (exact) mass is 227 g/mol. The number of carbonyl (C=O) groups excluding carboxylic acids is 1. The lowest BCUT2D eigenvalue weighted by atomic mass is 9.86. The molecule has 2 aliphatic rings. The van der Waals surface area contributed by atoms with Crippen molar-refractivity contribution in [3.63, 3.8) is 0 Å². The summed E-state index contributed by atoms with van der Waals surface area (Å²) in [6.07, 6.45) is 7.50. The van der Waals surface area contributed by atoms with Gasteiger partial charge in [-0.1, -0.05) is 24.3 Å². The van der Waals surface area contributed by atoms with Gasteiger partial charge in [0.2, 0.25) is 5.91 Å². The second kappa shape index (κ2) is 3.73. The van der Waals surface area contributed by atoms with E-state index in [9.17, 15) is 4.79 Å². The Morgan fingerprint density at radius 1 is 1.47 bits per heavy atom. The van der Waals surface area contributed by atoms with E-state index in [4.69, 9.17) is 0 Å². The van der Waals surface area contributed by atoms with Crippen LogP contribution in [0.4, 0.5) is 5.69 Å². The zero-order valence-electron chi connectivity index (χ0n) is 10.1. The third-order valence-electron chi connectivity index (χ3n) is 4.00. The van der Waals surface area contributed by atoms with Crippen molar-refractivity contribution in [1.82, 2.24) is 0 Å². The number of benzene rings is 1. The number of anilines is 1. The van der Waals surface area contributed by atoms with Crippen LogP contribution in [0.15, 0.2) is 36.4 Å². The van der Waals surface area contributed by atoms with Gasteiger partial charge >= 0.3 is 0 Å². The van der Waals surface area contributed by atoms with Crippen LogP contribution in [0.3, 0.4) is 0 Å². The molecule has 0 spiro atoms. The Hall–Kier alpha value is -1.57. The molecule has 0 aliphatic heterocycles. The van der Waals surface area contributed by atoms with Gasteiger partial charge in [-0.15, -0.1) is 0 Å². The van der Waals surface area contributed by atoms with Crippen molar-refractivity contribution in [2.24, 2.45) is 11.3 Å². The van der Waals surface area contributed by atoms with Crippen LogP contribution in [0, 0.1) is 18.3 Å². The molecular formula is C15H17NO. The predicted octanol–water partition coefficient (Wildman–Crippen LogP) is 3.29. The van der Waals surface area contributed by atoms with E-state index >= 15 is 0 Å². The summed E-state index contributed by atoms with van der Waals surface area (Å²) >= 11 is 0. The summed E-state index contributed by atoms with van der Waals surface area (Å²) in [5, 5.41) is 3.05. The topological polar surface area (TPSA) is 29.1 Å². The molecule has 1 fully saturated rings. The first kappa shape index (κ1) is 10.6. The van der Waals surface area contributed by atoms with Crippen LogP contribution in [-0.4, -0.2) is 5.91 Å². The van der Waals surface area contributed by atoms with Crippen molar-refractivity contribution in [2.45, 2.75) is 26.2 Å². The van der Waals surface area contributed by atoms with Gasteiger partial charge in [-0.3, -0.25) is 4.79 Å². The summed E-state index contributed by atoms with van der Waals surface area (Å²) in [6, 6.07) is 7.98. The molecule has 3 rings (SSSR count). The van der Waals surface area contributed by atoms with Gasteiger partial charge in [-0.05, 0) is 49.8 Å². The van der Waals surface area contributed by atoms with Crippen molar-refractivity contribution in [3.8, 4) is 0 Å². The van der Waals surface area contributed by atoms with Crippen LogP contribution in [-0.2, 0) is 4.79 Å². The van der Waals surface area contributed by atoms with Crippen molar-refractivity contribution < 1.29 is 4.79 Å². The van der Waals surface area contributed by atoms with Gasteiger partial charge in [0.15, 0.2) is 0 Å². The molecule has 1 aromatic carbocycles. The average Bonchev–Trinajstić information content (AvgIpc) is 2.90. The van der Waals surface area contributed by atoms with E-state index in [1.54, 1.807) is 0 Å². The molecule has 1 saturated carbocycles. The number of hydrogen-bond acceptors (Lipinski definition) is 1. The van der Waals surface area contributed by atoms with Gasteiger partial charge in [0.05, 0.1) is 5.41 Å². The highest BCUT2D eigenvalue weighted by Crippen LogP contribution is 2.49. The molecular weight excluding hydrogens is 210 g/mol. The van der Waals surface area contributed by atoms with Crippen LogP contribution >= 0.6 is 0 Å². The number of nitrogens with one attached hydrogen (secondary N) is 1. The van der Waals surface area contributed by atoms with Crippen molar-refractivity contribution in [3.05, 3.63) is 42.0 Å². The maximum absolute atomic E-state index is 12.3. The third-order valence-corrected chi connectivity index (χ3v) is 4.00. The number of carbonyl (C=O) groups is 1. The Bertz CT molecular complexity index is 491. The van der Waals surface area contributed by atoms with Crippen molar-refractivity contribution >= 4 is 11.6 Å². The van der Waals surface area contributed by atoms with Crippen LogP contribution in [0.5, 0.6) is 0 Å². The van der Waals surface area contributed by atoms with Gasteiger partial charge in [0, 0.05) is 5.69 Å². The molecule has 0 saturated heterocycles. The van der Waals surface area contributed by atoms with Crippen molar-refractivity contribution in [2.75, 3.05) is 5.32 Å². The minimum Gasteiger partial charge on any atom is -0.325 e. The highest BCUT2D eigenvalue weighted by molar-refractivity contribution is 5.97. The van der Waals surface area contributed by atoms with E-state index in [2.05, 4.69) is 17.5 Å². The molecule has 2 atom stereocenters. The smallest absolute Gasteiger partial charge is 0.234 e. The Balaban J connectivity index is 1.78. The summed E-state index contributed by atoms with van der Waals surface area (Å²) in [4.78, 5) is 12.3. The Labute approximate surface area is 102 Å². The van der Waals surface area contributed by atoms with Crippen LogP contribution in [0.1, 0.15) is 24.8 Å². The molecule has 0 heterocycles. The highest BCUT2D eigenvalue weighted by atomic mass is 16.2. The fourth-order valence-corrected chi connectivity index (χ4v) is 3.01. The quantitative estimate of drug-likeness (QED) is 0.772. The average molecular weight is 227 g/mol. The Kier molecular flexibility index (Phi) is 2.32. The maximum atomic E-state index is 12.3. The normalized spacial score (nSPS) is 29.6. The van der Waals surface area contributed by atoms with Gasteiger partial charge in [0.1, 0.15) is 0 Å². The third kappa shape index (κ3) is 1.78. The van der Waals surface area contributed by atoms with Crippen molar-refractivity contribution in [1.29, 1.82) is 0 Å². The molecule has 0 aromatic heterocycles. The summed E-state index contributed by atoms with van der Waals surface area (Å²) < 4.78 is 0. The maximum Gasteiger partial charge on any atom is 0.234 e. The van der Waals surface area contributed by atoms with E-state index in [1.165, 1.54) is 5.56 Å². The molecule has 2 bridgehead atoms. The largest absolute Gasteiger partial charge is 0.325 e. The zero-order valence-corrected chi connectivity index (χ0v) is 10.1. The second-order valence-electron chi connectivity index (χ2n) is 5.34. The molecule has 1 aromatic rings. The minimum absolute atomic E-state index is 0.166. The summed E-state index contributed by atoms with van der Waals surface area (Å²) in [6.45, 7) is 2.04. The summed E-state index contributed by atoms with van der Waals surface area (Å²) in [5.74, 6) is 0.803. The van der Waals surface area contributed by atoms with E-state index in [1.807, 2.05) is 31.2 Å². The predicted molar refractivity (Wildman–Crippen MR) is 68.7 cm³/mol. The second-order valence-corrected chi connectivity index (χ2v) is 5.34. The van der Waals surface area contributed by atoms with Gasteiger partial charge < -0.3 is 5.32 Å². The molecule has 2 aliphatic carbocycles. The number of fused-ring (bicyclic) bond motifs is 2. The first-order valence-electron chi connectivity index (χ1n) is 6.25. The number of hydrogen-bond donors (Lipinski definition) is 1. The molecule has 17 heavy (non-hydrogen) atoms. The van der Waals surface area contributed by atoms with E-state index in [-0.39, 0.29) is 11.3 Å². The Morgan fingerprint density at radius 3 is 2.94 bits per heavy atom. The summed E-state index contributed by atoms with van der Waals surface area (Å²) in [5.41, 5.74) is 1.87. The van der Waals surface area contributed by atoms with Crippen LogP contribution in [0.25, 0.3) is 0 Å². The summed E-state index contributed by atoms with van der Waals surface area (Å²) in [7, 11) is 0. The number of amides is 1. The molecule has 2 nitrogen and oxygen atoms in total. The molecule has 1 N–H and O–H groups in total. The molecule has 2 unspecified atom stereocenters. The molecule has 1 amide bonds. The minimum atomic E-state index is -0.214. The zero-order chi connectivity index (χ0) is 11.9. The fourth-order valence-electron chi connectivity index (χ4n) is 3.01. The number of allylic oxidation sites excluding steroid dienone is 1. The lowest BCUT2D eigenvalue weighted by Gasteiger charge is -2.22. The van der Waals surface area contributed by atoms with Gasteiger partial charge in [-0.25, -0.2) is 0 Å². The van der Waals surface area contributed by atoms with E-state index in [0.29, 0.717) is 5.92 Å². The Morgan fingerprint density at radius 2 is 2.35 bits per heavy atom. The highest BCUT2D eigenvalue weighted by Gasteiger charge is 2.46. The fraction of sp³-hybridized carbons (Fsp3) is 0.400.